The summed E-state index contributed by atoms with van der Waals surface area (Å²) >= 11 is 0. The maximum absolute atomic E-state index is 12.2. The van der Waals surface area contributed by atoms with E-state index < -0.39 is 10.0 Å². The van der Waals surface area contributed by atoms with E-state index in [0.29, 0.717) is 26.1 Å². The quantitative estimate of drug-likeness (QED) is 0.800. The van der Waals surface area contributed by atoms with Crippen LogP contribution in [-0.4, -0.2) is 38.6 Å². The van der Waals surface area contributed by atoms with Crippen molar-refractivity contribution in [3.8, 4) is 11.8 Å². The second-order valence-corrected chi connectivity index (χ2v) is 6.84. The zero-order chi connectivity index (χ0) is 15.1. The van der Waals surface area contributed by atoms with Gasteiger partial charge in [-0.1, -0.05) is 30.0 Å². The lowest BCUT2D eigenvalue weighted by Crippen LogP contribution is -2.37. The first-order chi connectivity index (χ1) is 10.1. The molecule has 1 aromatic carbocycles. The third-order valence-electron chi connectivity index (χ3n) is 3.39. The molecule has 21 heavy (non-hydrogen) atoms. The highest BCUT2D eigenvalue weighted by Crippen LogP contribution is 2.16. The van der Waals surface area contributed by atoms with Crippen molar-refractivity contribution in [1.29, 1.82) is 0 Å². The van der Waals surface area contributed by atoms with Gasteiger partial charge in [0.1, 0.15) is 6.61 Å². The number of hydrogen-bond donors (Lipinski definition) is 2. The van der Waals surface area contributed by atoms with Gasteiger partial charge in [-0.2, -0.15) is 0 Å². The second kappa shape index (κ2) is 7.57. The largest absolute Gasteiger partial charge is 0.384 e. The molecule has 0 aromatic heterocycles. The number of nitrogens with one attached hydrogen (secondary N) is 1. The van der Waals surface area contributed by atoms with Crippen molar-refractivity contribution in [2.45, 2.75) is 24.6 Å². The molecule has 0 atom stereocenters. The summed E-state index contributed by atoms with van der Waals surface area (Å²) in [5.74, 6) is 5.40. The smallest absolute Gasteiger partial charge is 0.214 e. The average Bonchev–Trinajstić information content (AvgIpc) is 2.52. The molecule has 6 heteroatoms. The standard InChI is InChI=1S/C15H19NO4S/c17-9-3-6-13-4-1-2-5-14(13)12-16-21(18,19)15-7-10-20-11-8-15/h1-2,4-5,15-17H,7-12H2. The molecule has 0 amide bonds. The molecule has 1 aromatic rings. The van der Waals surface area contributed by atoms with Gasteiger partial charge in [-0.3, -0.25) is 0 Å². The predicted octanol–water partition coefficient (Wildman–Crippen LogP) is 0.629. The van der Waals surface area contributed by atoms with Gasteiger partial charge < -0.3 is 9.84 Å². The van der Waals surface area contributed by atoms with E-state index in [2.05, 4.69) is 16.6 Å². The SMILES string of the molecule is O=S(=O)(NCc1ccccc1C#CCO)C1CCOCC1. The van der Waals surface area contributed by atoms with Crippen molar-refractivity contribution in [2.75, 3.05) is 19.8 Å². The van der Waals surface area contributed by atoms with E-state index in [1.165, 1.54) is 0 Å². The van der Waals surface area contributed by atoms with Crippen molar-refractivity contribution < 1.29 is 18.3 Å². The molecule has 1 fully saturated rings. The van der Waals surface area contributed by atoms with Crippen LogP contribution in [0.25, 0.3) is 0 Å². The molecule has 1 saturated heterocycles. The summed E-state index contributed by atoms with van der Waals surface area (Å²) in [4.78, 5) is 0. The fourth-order valence-corrected chi connectivity index (χ4v) is 3.62. The zero-order valence-corrected chi connectivity index (χ0v) is 12.5. The predicted molar refractivity (Wildman–Crippen MR) is 80.0 cm³/mol. The van der Waals surface area contributed by atoms with Gasteiger partial charge in [-0.25, -0.2) is 13.1 Å². The Bertz CT molecular complexity index is 625. The number of hydrogen-bond acceptors (Lipinski definition) is 4. The van der Waals surface area contributed by atoms with Crippen LogP contribution >= 0.6 is 0 Å². The summed E-state index contributed by atoms with van der Waals surface area (Å²) < 4.78 is 32.3. The number of ether oxygens (including phenoxy) is 1. The van der Waals surface area contributed by atoms with Gasteiger partial charge >= 0.3 is 0 Å². The van der Waals surface area contributed by atoms with Crippen LogP contribution in [0.3, 0.4) is 0 Å². The molecule has 5 nitrogen and oxygen atoms in total. The molecule has 0 unspecified atom stereocenters. The van der Waals surface area contributed by atoms with E-state index in [0.717, 1.165) is 11.1 Å². The molecule has 0 bridgehead atoms. The minimum absolute atomic E-state index is 0.204. The second-order valence-electron chi connectivity index (χ2n) is 4.79. The molecule has 0 saturated carbocycles. The molecule has 1 aliphatic heterocycles. The van der Waals surface area contributed by atoms with E-state index in [1.54, 1.807) is 6.07 Å². The molecule has 114 valence electrons. The Balaban J connectivity index is 2.05. The van der Waals surface area contributed by atoms with Gasteiger partial charge in [0.2, 0.25) is 10.0 Å². The van der Waals surface area contributed by atoms with Crippen LogP contribution in [0.15, 0.2) is 24.3 Å². The molecule has 0 spiro atoms. The van der Waals surface area contributed by atoms with Crippen LogP contribution in [0, 0.1) is 11.8 Å². The molecule has 0 radical (unpaired) electrons. The van der Waals surface area contributed by atoms with Crippen molar-refractivity contribution >= 4 is 10.0 Å². The Hall–Kier alpha value is -1.39. The Kier molecular flexibility index (Phi) is 5.76. The summed E-state index contributed by atoms with van der Waals surface area (Å²) in [5.41, 5.74) is 1.52. The molecule has 2 rings (SSSR count). The topological polar surface area (TPSA) is 75.6 Å². The number of rotatable bonds is 4. The minimum Gasteiger partial charge on any atom is -0.384 e. The van der Waals surface area contributed by atoms with E-state index in [9.17, 15) is 8.42 Å². The van der Waals surface area contributed by atoms with E-state index >= 15 is 0 Å². The van der Waals surface area contributed by atoms with Crippen molar-refractivity contribution in [3.63, 3.8) is 0 Å². The first-order valence-electron chi connectivity index (χ1n) is 6.87. The van der Waals surface area contributed by atoms with Crippen LogP contribution in [0.1, 0.15) is 24.0 Å². The molecular formula is C15H19NO4S. The maximum atomic E-state index is 12.2. The maximum Gasteiger partial charge on any atom is 0.214 e. The van der Waals surface area contributed by atoms with Gasteiger partial charge in [0.05, 0.1) is 5.25 Å². The van der Waals surface area contributed by atoms with Crippen molar-refractivity contribution in [2.24, 2.45) is 0 Å². The molecule has 1 heterocycles. The number of benzene rings is 1. The summed E-state index contributed by atoms with van der Waals surface area (Å²) in [6.45, 7) is 0.965. The lowest BCUT2D eigenvalue weighted by molar-refractivity contribution is 0.0981. The Morgan fingerprint density at radius 1 is 1.29 bits per heavy atom. The van der Waals surface area contributed by atoms with E-state index in [-0.39, 0.29) is 18.4 Å². The highest BCUT2D eigenvalue weighted by Gasteiger charge is 2.27. The third-order valence-corrected chi connectivity index (χ3v) is 5.29. The summed E-state index contributed by atoms with van der Waals surface area (Å²) in [6.07, 6.45) is 1.06. The summed E-state index contributed by atoms with van der Waals surface area (Å²) in [7, 11) is -3.35. The van der Waals surface area contributed by atoms with Crippen LogP contribution in [0.4, 0.5) is 0 Å². The average molecular weight is 309 g/mol. The molecule has 0 aliphatic carbocycles. The summed E-state index contributed by atoms with van der Waals surface area (Å²) in [6, 6.07) is 7.30. The van der Waals surface area contributed by atoms with Gasteiger partial charge in [0, 0.05) is 25.3 Å². The van der Waals surface area contributed by atoms with Gasteiger partial charge in [0.25, 0.3) is 0 Å². The number of sulfonamides is 1. The highest BCUT2D eigenvalue weighted by atomic mass is 32.2. The van der Waals surface area contributed by atoms with Crippen molar-refractivity contribution in [3.05, 3.63) is 35.4 Å². The minimum atomic E-state index is -3.35. The Labute approximate surface area is 125 Å². The third kappa shape index (κ3) is 4.55. The molecular weight excluding hydrogens is 290 g/mol. The van der Waals surface area contributed by atoms with E-state index in [1.807, 2.05) is 18.2 Å². The number of aliphatic hydroxyl groups excluding tert-OH is 1. The first-order valence-corrected chi connectivity index (χ1v) is 8.42. The highest BCUT2D eigenvalue weighted by molar-refractivity contribution is 7.90. The lowest BCUT2D eigenvalue weighted by atomic mass is 10.1. The van der Waals surface area contributed by atoms with Gasteiger partial charge in [0.15, 0.2) is 0 Å². The van der Waals surface area contributed by atoms with Crippen molar-refractivity contribution in [1.82, 2.24) is 4.72 Å². The monoisotopic (exact) mass is 309 g/mol. The molecule has 1 aliphatic rings. The number of aliphatic hydroxyl groups is 1. The van der Waals surface area contributed by atoms with E-state index in [4.69, 9.17) is 9.84 Å². The van der Waals surface area contributed by atoms with Gasteiger partial charge in [-0.15, -0.1) is 0 Å². The Morgan fingerprint density at radius 2 is 2.00 bits per heavy atom. The fourth-order valence-electron chi connectivity index (χ4n) is 2.21. The molecule has 2 N–H and O–H groups in total. The fraction of sp³-hybridized carbons (Fsp3) is 0.467. The lowest BCUT2D eigenvalue weighted by Gasteiger charge is -2.22. The van der Waals surface area contributed by atoms with Crippen LogP contribution in [0.2, 0.25) is 0 Å². The van der Waals surface area contributed by atoms with Gasteiger partial charge in [-0.05, 0) is 24.5 Å². The first kappa shape index (κ1) is 16.0. The zero-order valence-electron chi connectivity index (χ0n) is 11.7. The van der Waals surface area contributed by atoms with Crippen LogP contribution in [-0.2, 0) is 21.3 Å². The normalized spacial score (nSPS) is 16.2. The van der Waals surface area contributed by atoms with Crippen LogP contribution < -0.4 is 4.72 Å². The summed E-state index contributed by atoms with van der Waals surface area (Å²) in [5, 5.41) is 8.36. The Morgan fingerprint density at radius 3 is 2.71 bits per heavy atom. The van der Waals surface area contributed by atoms with Crippen LogP contribution in [0.5, 0.6) is 0 Å².